The third-order valence-electron chi connectivity index (χ3n) is 4.76. The molecule has 1 fully saturated rings. The molecule has 6 nitrogen and oxygen atoms in total. The number of amides is 1. The van der Waals surface area contributed by atoms with Gasteiger partial charge in [-0.25, -0.2) is 4.99 Å². The van der Waals surface area contributed by atoms with Crippen molar-refractivity contribution in [1.82, 2.24) is 15.1 Å². The van der Waals surface area contributed by atoms with Crippen LogP contribution in [0.25, 0.3) is 0 Å². The lowest BCUT2D eigenvalue weighted by Gasteiger charge is -2.16. The molecule has 1 atom stereocenters. The maximum absolute atomic E-state index is 12.6. The molecule has 3 rings (SSSR count). The summed E-state index contributed by atoms with van der Waals surface area (Å²) in [6, 6.07) is 2.05. The van der Waals surface area contributed by atoms with Gasteiger partial charge in [0.1, 0.15) is 6.61 Å². The maximum Gasteiger partial charge on any atom is 0.274 e. The van der Waals surface area contributed by atoms with E-state index in [0.717, 1.165) is 37.9 Å². The number of nitrogens with zero attached hydrogens (tertiary/aromatic N) is 4. The summed E-state index contributed by atoms with van der Waals surface area (Å²) < 4.78 is 5.79. The minimum Gasteiger partial charge on any atom is -0.474 e. The molecule has 0 aromatic carbocycles. The first-order valence-electron chi connectivity index (χ1n) is 9.32. The van der Waals surface area contributed by atoms with E-state index in [-0.39, 0.29) is 11.9 Å². The van der Waals surface area contributed by atoms with Gasteiger partial charge in [0, 0.05) is 13.1 Å². The average molecular weight is 344 g/mol. The fourth-order valence-electron chi connectivity index (χ4n) is 3.25. The number of carbonyl (C=O) groups excluding carboxylic acids is 1. The van der Waals surface area contributed by atoms with E-state index in [1.807, 2.05) is 11.0 Å². The van der Waals surface area contributed by atoms with Gasteiger partial charge in [0.2, 0.25) is 5.90 Å². The molecule has 2 aliphatic rings. The summed E-state index contributed by atoms with van der Waals surface area (Å²) in [5.41, 5.74) is 2.12. The van der Waals surface area contributed by atoms with E-state index in [1.165, 1.54) is 0 Å². The molecule has 0 aliphatic carbocycles. The summed E-state index contributed by atoms with van der Waals surface area (Å²) in [6.45, 7) is 10.8. The second kappa shape index (κ2) is 7.50. The second-order valence-electron chi connectivity index (χ2n) is 7.76. The Morgan fingerprint density at radius 3 is 2.56 bits per heavy atom. The van der Waals surface area contributed by atoms with Crippen LogP contribution in [0.15, 0.2) is 11.1 Å². The largest absolute Gasteiger partial charge is 0.474 e. The fourth-order valence-corrected chi connectivity index (χ4v) is 3.25. The summed E-state index contributed by atoms with van der Waals surface area (Å²) >= 11 is 0. The molecule has 6 heteroatoms. The molecule has 136 valence electrons. The summed E-state index contributed by atoms with van der Waals surface area (Å²) in [7, 11) is 0. The third kappa shape index (κ3) is 3.99. The van der Waals surface area contributed by atoms with Gasteiger partial charge in [0.15, 0.2) is 11.4 Å². The Kier molecular flexibility index (Phi) is 5.35. The predicted molar refractivity (Wildman–Crippen MR) is 96.8 cm³/mol. The van der Waals surface area contributed by atoms with E-state index in [9.17, 15) is 4.79 Å². The summed E-state index contributed by atoms with van der Waals surface area (Å²) in [5, 5.41) is 8.55. The Bertz CT molecular complexity index is 663. The van der Waals surface area contributed by atoms with Gasteiger partial charge in [-0.1, -0.05) is 27.7 Å². The maximum atomic E-state index is 12.6. The molecule has 1 saturated heterocycles. The van der Waals surface area contributed by atoms with E-state index in [1.54, 1.807) is 0 Å². The molecule has 0 N–H and O–H groups in total. The van der Waals surface area contributed by atoms with Crippen molar-refractivity contribution in [2.24, 2.45) is 16.8 Å². The minimum atomic E-state index is -0.0177. The van der Waals surface area contributed by atoms with Crippen molar-refractivity contribution in [2.75, 3.05) is 19.7 Å². The molecule has 1 amide bonds. The monoisotopic (exact) mass is 344 g/mol. The Labute approximate surface area is 149 Å². The van der Waals surface area contributed by atoms with Crippen molar-refractivity contribution >= 4 is 11.8 Å². The molecule has 25 heavy (non-hydrogen) atoms. The lowest BCUT2D eigenvalue weighted by atomic mass is 10.0. The van der Waals surface area contributed by atoms with Gasteiger partial charge in [-0.05, 0) is 42.7 Å². The number of aliphatic imine (C=N–C) groups is 1. The first-order valence-corrected chi connectivity index (χ1v) is 9.32. The SMILES string of the molecule is CC(C)Cc1cc(C(=O)N2CCCC2)nnc1C1=N[C@@H](C(C)C)CO1. The zero-order valence-electron chi connectivity index (χ0n) is 15.7. The van der Waals surface area contributed by atoms with E-state index in [0.29, 0.717) is 35.7 Å². The number of aromatic nitrogens is 2. The van der Waals surface area contributed by atoms with Gasteiger partial charge in [-0.3, -0.25) is 4.79 Å². The zero-order valence-corrected chi connectivity index (χ0v) is 15.7. The van der Waals surface area contributed by atoms with Crippen LogP contribution < -0.4 is 0 Å². The number of hydrogen-bond acceptors (Lipinski definition) is 5. The lowest BCUT2D eigenvalue weighted by Crippen LogP contribution is -2.29. The van der Waals surface area contributed by atoms with Gasteiger partial charge < -0.3 is 9.64 Å². The molecule has 1 aromatic rings. The summed E-state index contributed by atoms with van der Waals surface area (Å²) in [4.78, 5) is 19.2. The quantitative estimate of drug-likeness (QED) is 0.824. The Morgan fingerprint density at radius 1 is 1.24 bits per heavy atom. The lowest BCUT2D eigenvalue weighted by molar-refractivity contribution is 0.0785. The Hall–Kier alpha value is -1.98. The van der Waals surface area contributed by atoms with E-state index < -0.39 is 0 Å². The molecular weight excluding hydrogens is 316 g/mol. The van der Waals surface area contributed by atoms with Crippen molar-refractivity contribution < 1.29 is 9.53 Å². The van der Waals surface area contributed by atoms with E-state index >= 15 is 0 Å². The number of likely N-dealkylation sites (tertiary alicyclic amines) is 1. The van der Waals surface area contributed by atoms with Crippen LogP contribution in [0, 0.1) is 11.8 Å². The van der Waals surface area contributed by atoms with Crippen LogP contribution in [-0.4, -0.2) is 52.6 Å². The van der Waals surface area contributed by atoms with Crippen LogP contribution in [0.2, 0.25) is 0 Å². The van der Waals surface area contributed by atoms with Gasteiger partial charge >= 0.3 is 0 Å². The Morgan fingerprint density at radius 2 is 1.96 bits per heavy atom. The highest BCUT2D eigenvalue weighted by molar-refractivity contribution is 5.96. The van der Waals surface area contributed by atoms with Crippen molar-refractivity contribution in [2.45, 2.75) is 53.0 Å². The highest BCUT2D eigenvalue weighted by Crippen LogP contribution is 2.21. The average Bonchev–Trinajstić information content (AvgIpc) is 3.25. The van der Waals surface area contributed by atoms with Crippen molar-refractivity contribution in [3.63, 3.8) is 0 Å². The number of ether oxygens (including phenoxy) is 1. The molecule has 0 bridgehead atoms. The molecule has 0 spiro atoms. The van der Waals surface area contributed by atoms with Crippen LogP contribution in [0.3, 0.4) is 0 Å². The van der Waals surface area contributed by atoms with Crippen LogP contribution in [0.1, 0.15) is 62.3 Å². The second-order valence-corrected chi connectivity index (χ2v) is 7.76. The number of hydrogen-bond donors (Lipinski definition) is 0. The molecule has 1 aromatic heterocycles. The molecular formula is C19H28N4O2. The normalized spacial score (nSPS) is 20.3. The molecule has 0 saturated carbocycles. The third-order valence-corrected chi connectivity index (χ3v) is 4.76. The summed E-state index contributed by atoms with van der Waals surface area (Å²) in [6.07, 6.45) is 2.95. The van der Waals surface area contributed by atoms with Crippen LogP contribution in [0.5, 0.6) is 0 Å². The molecule has 2 aliphatic heterocycles. The Balaban J connectivity index is 1.90. The highest BCUT2D eigenvalue weighted by atomic mass is 16.5. The van der Waals surface area contributed by atoms with E-state index in [2.05, 4.69) is 42.9 Å². The van der Waals surface area contributed by atoms with Gasteiger partial charge in [0.25, 0.3) is 5.91 Å². The van der Waals surface area contributed by atoms with E-state index in [4.69, 9.17) is 4.74 Å². The number of rotatable bonds is 5. The van der Waals surface area contributed by atoms with Crippen LogP contribution in [-0.2, 0) is 11.2 Å². The molecule has 0 radical (unpaired) electrons. The molecule has 0 unspecified atom stereocenters. The minimum absolute atomic E-state index is 0.0177. The van der Waals surface area contributed by atoms with Crippen LogP contribution >= 0.6 is 0 Å². The summed E-state index contributed by atoms with van der Waals surface area (Å²) in [5.74, 6) is 1.42. The predicted octanol–water partition coefficient (Wildman–Crippen LogP) is 2.71. The van der Waals surface area contributed by atoms with Gasteiger partial charge in [-0.15, -0.1) is 10.2 Å². The van der Waals surface area contributed by atoms with Crippen molar-refractivity contribution in [3.05, 3.63) is 23.0 Å². The van der Waals surface area contributed by atoms with Crippen molar-refractivity contribution in [3.8, 4) is 0 Å². The van der Waals surface area contributed by atoms with Gasteiger partial charge in [-0.2, -0.15) is 0 Å². The van der Waals surface area contributed by atoms with Crippen molar-refractivity contribution in [1.29, 1.82) is 0 Å². The molecule has 3 heterocycles. The topological polar surface area (TPSA) is 67.7 Å². The first kappa shape index (κ1) is 17.8. The fraction of sp³-hybridized carbons (Fsp3) is 0.684. The highest BCUT2D eigenvalue weighted by Gasteiger charge is 2.28. The first-order chi connectivity index (χ1) is 12.0. The standard InChI is InChI=1S/C19H28N4O2/c1-12(2)9-14-10-15(19(24)23-7-5-6-8-23)21-22-17(14)18-20-16(11-25-18)13(3)4/h10,12-13,16H,5-9,11H2,1-4H3/t16-/m1/s1. The van der Waals surface area contributed by atoms with Gasteiger partial charge in [0.05, 0.1) is 6.04 Å². The van der Waals surface area contributed by atoms with Crippen LogP contribution in [0.4, 0.5) is 0 Å². The zero-order chi connectivity index (χ0) is 18.0. The smallest absolute Gasteiger partial charge is 0.274 e. The number of carbonyl (C=O) groups is 1.